The third kappa shape index (κ3) is 4.29. The topological polar surface area (TPSA) is 59.3 Å². The molecule has 1 N–H and O–H groups in total. The molecule has 0 saturated heterocycles. The molecule has 0 spiro atoms. The van der Waals surface area contributed by atoms with E-state index >= 15 is 0 Å². The van der Waals surface area contributed by atoms with E-state index in [-0.39, 0.29) is 11.7 Å². The number of aryl methyl sites for hydroxylation is 2. The molecule has 0 atom stereocenters. The summed E-state index contributed by atoms with van der Waals surface area (Å²) in [6, 6.07) is 9.10. The van der Waals surface area contributed by atoms with E-state index in [0.29, 0.717) is 29.9 Å². The maximum absolute atomic E-state index is 11.9. The number of carbonyl (C=O) groups is 2. The maximum Gasteiger partial charge on any atom is 0.224 e. The van der Waals surface area contributed by atoms with Gasteiger partial charge < -0.3 is 9.73 Å². The van der Waals surface area contributed by atoms with Crippen LogP contribution in [0.4, 0.5) is 5.69 Å². The zero-order valence-electron chi connectivity index (χ0n) is 11.9. The molecule has 0 fully saturated rings. The van der Waals surface area contributed by atoms with Crippen LogP contribution in [0.15, 0.2) is 39.2 Å². The molecule has 2 rings (SSSR count). The monoisotopic (exact) mass is 349 g/mol. The Kier molecular flexibility index (Phi) is 4.96. The Hall–Kier alpha value is -1.88. The smallest absolute Gasteiger partial charge is 0.224 e. The third-order valence-corrected chi connectivity index (χ3v) is 3.60. The van der Waals surface area contributed by atoms with Crippen LogP contribution in [0.3, 0.4) is 0 Å². The number of rotatable bonds is 5. The quantitative estimate of drug-likeness (QED) is 0.825. The molecule has 1 aromatic carbocycles. The molecule has 2 aromatic rings. The largest absolute Gasteiger partial charge is 0.466 e. The SMILES string of the molecule is CC(=O)c1cc(CCC(=O)Nc2ccc(Br)cc2)oc1C. The second kappa shape index (κ2) is 6.72. The van der Waals surface area contributed by atoms with Crippen molar-refractivity contribution in [2.24, 2.45) is 0 Å². The Balaban J connectivity index is 1.90. The average molecular weight is 350 g/mol. The summed E-state index contributed by atoms with van der Waals surface area (Å²) in [6.07, 6.45) is 0.775. The maximum atomic E-state index is 11.9. The summed E-state index contributed by atoms with van der Waals surface area (Å²) < 4.78 is 6.45. The number of nitrogens with one attached hydrogen (secondary N) is 1. The lowest BCUT2D eigenvalue weighted by molar-refractivity contribution is -0.116. The highest BCUT2D eigenvalue weighted by molar-refractivity contribution is 9.10. The first-order valence-corrected chi connectivity index (χ1v) is 7.40. The van der Waals surface area contributed by atoms with Crippen molar-refractivity contribution < 1.29 is 14.0 Å². The summed E-state index contributed by atoms with van der Waals surface area (Å²) in [4.78, 5) is 23.2. The van der Waals surface area contributed by atoms with Gasteiger partial charge in [0.05, 0.1) is 5.56 Å². The second-order valence-electron chi connectivity index (χ2n) is 4.79. The zero-order valence-corrected chi connectivity index (χ0v) is 13.5. The van der Waals surface area contributed by atoms with Crippen LogP contribution in [0, 0.1) is 6.92 Å². The average Bonchev–Trinajstić information content (AvgIpc) is 2.81. The number of hydrogen-bond donors (Lipinski definition) is 1. The summed E-state index contributed by atoms with van der Waals surface area (Å²) in [7, 11) is 0. The van der Waals surface area contributed by atoms with Gasteiger partial charge in [-0.2, -0.15) is 0 Å². The van der Waals surface area contributed by atoms with E-state index in [0.717, 1.165) is 10.2 Å². The molecule has 0 unspecified atom stereocenters. The fraction of sp³-hybridized carbons (Fsp3) is 0.250. The zero-order chi connectivity index (χ0) is 15.4. The van der Waals surface area contributed by atoms with Crippen molar-refractivity contribution in [3.05, 3.63) is 51.9 Å². The Morgan fingerprint density at radius 2 is 1.90 bits per heavy atom. The van der Waals surface area contributed by atoms with Crippen molar-refractivity contribution in [3.63, 3.8) is 0 Å². The van der Waals surface area contributed by atoms with Crippen molar-refractivity contribution in [2.75, 3.05) is 5.32 Å². The third-order valence-electron chi connectivity index (χ3n) is 3.07. The lowest BCUT2D eigenvalue weighted by atomic mass is 10.1. The lowest BCUT2D eigenvalue weighted by Gasteiger charge is -2.04. The van der Waals surface area contributed by atoms with E-state index in [4.69, 9.17) is 4.42 Å². The van der Waals surface area contributed by atoms with E-state index in [1.54, 1.807) is 13.0 Å². The van der Waals surface area contributed by atoms with Crippen molar-refractivity contribution >= 4 is 33.3 Å². The number of benzene rings is 1. The standard InChI is InChI=1S/C16H16BrNO3/c1-10(19)15-9-14(21-11(15)2)7-8-16(20)18-13-5-3-12(17)4-6-13/h3-6,9H,7-8H2,1-2H3,(H,18,20). The molecule has 110 valence electrons. The van der Waals surface area contributed by atoms with Crippen LogP contribution in [-0.4, -0.2) is 11.7 Å². The van der Waals surface area contributed by atoms with Gasteiger partial charge in [-0.3, -0.25) is 9.59 Å². The van der Waals surface area contributed by atoms with Crippen molar-refractivity contribution in [3.8, 4) is 0 Å². The number of halogens is 1. The minimum atomic E-state index is -0.0873. The predicted molar refractivity (Wildman–Crippen MR) is 84.5 cm³/mol. The van der Waals surface area contributed by atoms with Gasteiger partial charge in [0.1, 0.15) is 11.5 Å². The number of furan rings is 1. The summed E-state index contributed by atoms with van der Waals surface area (Å²) in [5.74, 6) is 1.15. The summed E-state index contributed by atoms with van der Waals surface area (Å²) in [5.41, 5.74) is 1.33. The van der Waals surface area contributed by atoms with Gasteiger partial charge in [-0.25, -0.2) is 0 Å². The summed E-state index contributed by atoms with van der Waals surface area (Å²) >= 11 is 3.34. The van der Waals surface area contributed by atoms with Crippen molar-refractivity contribution in [1.29, 1.82) is 0 Å². The molecule has 0 radical (unpaired) electrons. The molecular formula is C16H16BrNO3. The van der Waals surface area contributed by atoms with E-state index in [1.807, 2.05) is 24.3 Å². The molecule has 0 aliphatic heterocycles. The van der Waals surface area contributed by atoms with Crippen LogP contribution in [-0.2, 0) is 11.2 Å². The predicted octanol–water partition coefficient (Wildman–Crippen LogP) is 4.12. The highest BCUT2D eigenvalue weighted by Crippen LogP contribution is 2.17. The highest BCUT2D eigenvalue weighted by Gasteiger charge is 2.12. The number of amides is 1. The number of Topliss-reactive ketones (excluding diaryl/α,β-unsaturated/α-hetero) is 1. The number of anilines is 1. The molecule has 21 heavy (non-hydrogen) atoms. The number of ketones is 1. The van der Waals surface area contributed by atoms with Gasteiger partial charge in [0.15, 0.2) is 5.78 Å². The van der Waals surface area contributed by atoms with Gasteiger partial charge in [0.25, 0.3) is 0 Å². The van der Waals surface area contributed by atoms with Gasteiger partial charge in [-0.05, 0) is 44.2 Å². The molecule has 0 bridgehead atoms. The lowest BCUT2D eigenvalue weighted by Crippen LogP contribution is -2.12. The van der Waals surface area contributed by atoms with Crippen molar-refractivity contribution in [2.45, 2.75) is 26.7 Å². The van der Waals surface area contributed by atoms with Crippen molar-refractivity contribution in [1.82, 2.24) is 0 Å². The Morgan fingerprint density at radius 1 is 1.24 bits per heavy atom. The van der Waals surface area contributed by atoms with Crippen LogP contribution in [0.5, 0.6) is 0 Å². The molecule has 1 heterocycles. The Morgan fingerprint density at radius 3 is 2.48 bits per heavy atom. The molecule has 1 aromatic heterocycles. The molecule has 0 aliphatic rings. The van der Waals surface area contributed by atoms with Gasteiger partial charge in [0, 0.05) is 23.0 Å². The molecule has 4 nitrogen and oxygen atoms in total. The normalized spacial score (nSPS) is 10.4. The Bertz CT molecular complexity index is 659. The van der Waals surface area contributed by atoms with Gasteiger partial charge in [-0.1, -0.05) is 15.9 Å². The van der Waals surface area contributed by atoms with Crippen LogP contribution < -0.4 is 5.32 Å². The van der Waals surface area contributed by atoms with Gasteiger partial charge in [0.2, 0.25) is 5.91 Å². The van der Waals surface area contributed by atoms with E-state index in [1.165, 1.54) is 6.92 Å². The summed E-state index contributed by atoms with van der Waals surface area (Å²) in [5, 5.41) is 2.82. The number of carbonyl (C=O) groups excluding carboxylic acids is 2. The highest BCUT2D eigenvalue weighted by atomic mass is 79.9. The molecule has 5 heteroatoms. The fourth-order valence-electron chi connectivity index (χ4n) is 2.01. The fourth-order valence-corrected chi connectivity index (χ4v) is 2.27. The second-order valence-corrected chi connectivity index (χ2v) is 5.71. The van der Waals surface area contributed by atoms with E-state index < -0.39 is 0 Å². The van der Waals surface area contributed by atoms with E-state index in [9.17, 15) is 9.59 Å². The minimum absolute atomic E-state index is 0.0261. The van der Waals surface area contributed by atoms with Gasteiger partial charge >= 0.3 is 0 Å². The van der Waals surface area contributed by atoms with Gasteiger partial charge in [-0.15, -0.1) is 0 Å². The summed E-state index contributed by atoms with van der Waals surface area (Å²) in [6.45, 7) is 3.25. The minimum Gasteiger partial charge on any atom is -0.466 e. The van der Waals surface area contributed by atoms with Crippen LogP contribution in [0.1, 0.15) is 35.2 Å². The van der Waals surface area contributed by atoms with E-state index in [2.05, 4.69) is 21.2 Å². The first-order chi connectivity index (χ1) is 9.95. The Labute approximate surface area is 131 Å². The molecular weight excluding hydrogens is 334 g/mol. The number of hydrogen-bond acceptors (Lipinski definition) is 3. The van der Waals surface area contributed by atoms with Crippen LogP contribution >= 0.6 is 15.9 Å². The first-order valence-electron chi connectivity index (χ1n) is 6.61. The van der Waals surface area contributed by atoms with Crippen LogP contribution in [0.2, 0.25) is 0 Å². The van der Waals surface area contributed by atoms with Crippen LogP contribution in [0.25, 0.3) is 0 Å². The molecule has 0 aliphatic carbocycles. The molecule has 0 saturated carbocycles. The first kappa shape index (κ1) is 15.5. The molecule has 1 amide bonds.